The van der Waals surface area contributed by atoms with Crippen molar-refractivity contribution in [3.63, 3.8) is 0 Å². The Balaban J connectivity index is 1.22. The standard InChI is InChI=1S/C51H32N2/c52-33-34-30-36(32-37(31-34)51-45-25-8-6-23-43(45)50(35-16-2-1-3-17-35)44-24-7-9-26-46(44)51)38-18-4-5-19-39(38)40-20-10-13-27-47(40)53-48-28-14-11-21-41(48)42-22-12-15-29-49(42)53/h1-32H. The number of para-hydroxylation sites is 3. The molecule has 10 aromatic rings. The zero-order valence-electron chi connectivity index (χ0n) is 28.9. The van der Waals surface area contributed by atoms with Gasteiger partial charge < -0.3 is 4.57 Å². The van der Waals surface area contributed by atoms with Crippen LogP contribution in [0, 0.1) is 11.3 Å². The summed E-state index contributed by atoms with van der Waals surface area (Å²) in [5, 5.41) is 17.7. The molecule has 1 heterocycles. The first-order valence-corrected chi connectivity index (χ1v) is 18.0. The molecule has 0 fully saturated rings. The average molecular weight is 673 g/mol. The Kier molecular flexibility index (Phi) is 7.23. The van der Waals surface area contributed by atoms with Crippen molar-refractivity contribution < 1.29 is 0 Å². The summed E-state index contributed by atoms with van der Waals surface area (Å²) >= 11 is 0. The number of hydrogen-bond donors (Lipinski definition) is 0. The van der Waals surface area contributed by atoms with E-state index in [9.17, 15) is 5.26 Å². The van der Waals surface area contributed by atoms with Crippen LogP contribution in [0.5, 0.6) is 0 Å². The van der Waals surface area contributed by atoms with E-state index in [-0.39, 0.29) is 0 Å². The molecule has 0 unspecified atom stereocenters. The first-order valence-electron chi connectivity index (χ1n) is 18.0. The minimum absolute atomic E-state index is 0.628. The van der Waals surface area contributed by atoms with Crippen molar-refractivity contribution in [2.75, 3.05) is 0 Å². The third kappa shape index (κ3) is 4.94. The number of aromatic nitrogens is 1. The molecule has 2 nitrogen and oxygen atoms in total. The van der Waals surface area contributed by atoms with Crippen LogP contribution in [0.1, 0.15) is 5.56 Å². The van der Waals surface area contributed by atoms with E-state index in [1.165, 1.54) is 43.7 Å². The van der Waals surface area contributed by atoms with Crippen LogP contribution >= 0.6 is 0 Å². The van der Waals surface area contributed by atoms with Gasteiger partial charge in [0.15, 0.2) is 0 Å². The summed E-state index contributed by atoms with van der Waals surface area (Å²) in [6, 6.07) is 71.5. The van der Waals surface area contributed by atoms with Crippen LogP contribution < -0.4 is 0 Å². The minimum atomic E-state index is 0.628. The summed E-state index contributed by atoms with van der Waals surface area (Å²) in [5.74, 6) is 0. The van der Waals surface area contributed by atoms with Crippen molar-refractivity contribution >= 4 is 43.4 Å². The second-order valence-corrected chi connectivity index (χ2v) is 13.6. The van der Waals surface area contributed by atoms with Crippen molar-refractivity contribution in [2.24, 2.45) is 0 Å². The molecule has 0 N–H and O–H groups in total. The van der Waals surface area contributed by atoms with Crippen LogP contribution in [-0.2, 0) is 0 Å². The maximum absolute atomic E-state index is 10.5. The largest absolute Gasteiger partial charge is 0.309 e. The van der Waals surface area contributed by atoms with Gasteiger partial charge in [-0.2, -0.15) is 5.26 Å². The van der Waals surface area contributed by atoms with Crippen LogP contribution in [0.15, 0.2) is 194 Å². The fourth-order valence-electron chi connectivity index (χ4n) is 8.40. The van der Waals surface area contributed by atoms with E-state index in [1.807, 2.05) is 6.07 Å². The first-order chi connectivity index (χ1) is 26.3. The maximum Gasteiger partial charge on any atom is 0.0992 e. The molecule has 0 atom stereocenters. The summed E-state index contributed by atoms with van der Waals surface area (Å²) in [6.07, 6.45) is 0. The molecule has 10 rings (SSSR count). The van der Waals surface area contributed by atoms with Gasteiger partial charge in [0, 0.05) is 16.3 Å². The van der Waals surface area contributed by atoms with E-state index in [0.717, 1.165) is 49.8 Å². The van der Waals surface area contributed by atoms with Crippen LogP contribution in [0.2, 0.25) is 0 Å². The molecular weight excluding hydrogens is 641 g/mol. The molecule has 0 spiro atoms. The lowest BCUT2D eigenvalue weighted by Crippen LogP contribution is -1.98. The summed E-state index contributed by atoms with van der Waals surface area (Å²) in [5.41, 5.74) is 13.0. The Bertz CT molecular complexity index is 2960. The monoisotopic (exact) mass is 672 g/mol. The van der Waals surface area contributed by atoms with Crippen molar-refractivity contribution in [3.8, 4) is 56.3 Å². The van der Waals surface area contributed by atoms with Crippen molar-refractivity contribution in [1.82, 2.24) is 4.57 Å². The van der Waals surface area contributed by atoms with Gasteiger partial charge in [-0.15, -0.1) is 0 Å². The third-order valence-electron chi connectivity index (χ3n) is 10.6. The highest BCUT2D eigenvalue weighted by molar-refractivity contribution is 6.21. The fraction of sp³-hybridized carbons (Fsp3) is 0. The molecule has 53 heavy (non-hydrogen) atoms. The predicted octanol–water partition coefficient (Wildman–Crippen LogP) is 13.6. The van der Waals surface area contributed by atoms with Gasteiger partial charge in [-0.05, 0) is 96.9 Å². The number of hydrogen-bond acceptors (Lipinski definition) is 1. The molecule has 2 heteroatoms. The molecule has 9 aromatic carbocycles. The van der Waals surface area contributed by atoms with Gasteiger partial charge in [0.05, 0.1) is 28.4 Å². The van der Waals surface area contributed by atoms with Crippen LogP contribution in [0.3, 0.4) is 0 Å². The highest BCUT2D eigenvalue weighted by Gasteiger charge is 2.20. The van der Waals surface area contributed by atoms with Gasteiger partial charge in [0.1, 0.15) is 0 Å². The van der Waals surface area contributed by atoms with E-state index in [2.05, 4.69) is 199 Å². The molecule has 0 amide bonds. The first kappa shape index (κ1) is 30.6. The topological polar surface area (TPSA) is 28.7 Å². The molecule has 0 aliphatic heterocycles. The number of fused-ring (bicyclic) bond motifs is 5. The summed E-state index contributed by atoms with van der Waals surface area (Å²) in [6.45, 7) is 0. The van der Waals surface area contributed by atoms with Gasteiger partial charge in [-0.3, -0.25) is 0 Å². The summed E-state index contributed by atoms with van der Waals surface area (Å²) < 4.78 is 2.39. The molecule has 0 bridgehead atoms. The summed E-state index contributed by atoms with van der Waals surface area (Å²) in [4.78, 5) is 0. The molecular formula is C51H32N2. The van der Waals surface area contributed by atoms with Gasteiger partial charge >= 0.3 is 0 Å². The van der Waals surface area contributed by atoms with E-state index < -0.39 is 0 Å². The number of nitriles is 1. The molecule has 246 valence electrons. The number of rotatable bonds is 5. The van der Waals surface area contributed by atoms with E-state index in [1.54, 1.807) is 0 Å². The minimum Gasteiger partial charge on any atom is -0.309 e. The smallest absolute Gasteiger partial charge is 0.0992 e. The van der Waals surface area contributed by atoms with Crippen molar-refractivity contribution in [2.45, 2.75) is 0 Å². The fourth-order valence-corrected chi connectivity index (χ4v) is 8.40. The number of nitrogens with zero attached hydrogens (tertiary/aromatic N) is 2. The highest BCUT2D eigenvalue weighted by Crippen LogP contribution is 2.46. The average Bonchev–Trinajstić information content (AvgIpc) is 3.57. The molecule has 0 saturated carbocycles. The van der Waals surface area contributed by atoms with Gasteiger partial charge in [-0.1, -0.05) is 158 Å². The van der Waals surface area contributed by atoms with Crippen LogP contribution in [0.4, 0.5) is 0 Å². The third-order valence-corrected chi connectivity index (χ3v) is 10.6. The quantitative estimate of drug-likeness (QED) is 0.167. The van der Waals surface area contributed by atoms with Gasteiger partial charge in [0.25, 0.3) is 0 Å². The Morgan fingerprint density at radius 2 is 0.774 bits per heavy atom. The van der Waals surface area contributed by atoms with Crippen LogP contribution in [0.25, 0.3) is 93.5 Å². The lowest BCUT2D eigenvalue weighted by Gasteiger charge is -2.19. The van der Waals surface area contributed by atoms with Crippen LogP contribution in [-0.4, -0.2) is 4.57 Å². The Hall–Kier alpha value is -7.21. The van der Waals surface area contributed by atoms with Crippen molar-refractivity contribution in [1.29, 1.82) is 5.26 Å². The Labute approximate surface area is 308 Å². The highest BCUT2D eigenvalue weighted by atomic mass is 15.0. The second kappa shape index (κ2) is 12.5. The Morgan fingerprint density at radius 3 is 1.36 bits per heavy atom. The normalized spacial score (nSPS) is 11.4. The summed E-state index contributed by atoms with van der Waals surface area (Å²) in [7, 11) is 0. The Morgan fingerprint density at radius 1 is 0.340 bits per heavy atom. The van der Waals surface area contributed by atoms with Gasteiger partial charge in [0.2, 0.25) is 0 Å². The zero-order chi connectivity index (χ0) is 35.3. The van der Waals surface area contributed by atoms with E-state index >= 15 is 0 Å². The predicted molar refractivity (Wildman–Crippen MR) is 222 cm³/mol. The lowest BCUT2D eigenvalue weighted by atomic mass is 9.84. The molecule has 0 aliphatic carbocycles. The van der Waals surface area contributed by atoms with E-state index in [4.69, 9.17) is 0 Å². The molecule has 0 saturated heterocycles. The zero-order valence-corrected chi connectivity index (χ0v) is 28.9. The lowest BCUT2D eigenvalue weighted by molar-refractivity contribution is 1.18. The number of benzene rings is 9. The molecule has 0 radical (unpaired) electrons. The second-order valence-electron chi connectivity index (χ2n) is 13.6. The SMILES string of the molecule is N#Cc1cc(-c2ccccc2-c2ccccc2-n2c3ccccc3c3ccccc32)cc(-c2c3ccccc3c(-c3ccccc3)c3ccccc23)c1. The van der Waals surface area contributed by atoms with Gasteiger partial charge in [-0.25, -0.2) is 0 Å². The maximum atomic E-state index is 10.5. The van der Waals surface area contributed by atoms with E-state index in [0.29, 0.717) is 5.56 Å². The molecule has 0 aliphatic rings. The van der Waals surface area contributed by atoms with Crippen molar-refractivity contribution in [3.05, 3.63) is 200 Å². The molecule has 1 aromatic heterocycles.